The van der Waals surface area contributed by atoms with E-state index in [1.807, 2.05) is 25.1 Å². The number of halogens is 1. The van der Waals surface area contributed by atoms with Gasteiger partial charge in [0.25, 0.3) is 0 Å². The molecule has 19 heavy (non-hydrogen) atoms. The highest BCUT2D eigenvalue weighted by molar-refractivity contribution is 6.30. The van der Waals surface area contributed by atoms with Crippen molar-refractivity contribution in [2.75, 3.05) is 5.32 Å². The van der Waals surface area contributed by atoms with E-state index in [2.05, 4.69) is 35.2 Å². The van der Waals surface area contributed by atoms with Crippen LogP contribution in [-0.4, -0.2) is 9.97 Å². The summed E-state index contributed by atoms with van der Waals surface area (Å²) in [4.78, 5) is 8.85. The summed E-state index contributed by atoms with van der Waals surface area (Å²) in [5.41, 5.74) is 3.10. The lowest BCUT2D eigenvalue weighted by Crippen LogP contribution is -2.04. The van der Waals surface area contributed by atoms with Crippen LogP contribution < -0.4 is 5.32 Å². The number of nitrogens with one attached hydrogen (secondary N) is 1. The first-order valence-electron chi connectivity index (χ1n) is 6.47. The van der Waals surface area contributed by atoms with Crippen LogP contribution in [0.1, 0.15) is 30.3 Å². The SMILES string of the molecule is CCCc1nc(Cl)c(C)c(Nc2ccccc2C)n1. The van der Waals surface area contributed by atoms with Gasteiger partial charge in [-0.3, -0.25) is 0 Å². The molecule has 3 nitrogen and oxygen atoms in total. The molecular formula is C15H18ClN3. The molecule has 1 heterocycles. The third-order valence-electron chi connectivity index (χ3n) is 3.00. The summed E-state index contributed by atoms with van der Waals surface area (Å²) in [6, 6.07) is 8.11. The van der Waals surface area contributed by atoms with Crippen molar-refractivity contribution < 1.29 is 0 Å². The maximum Gasteiger partial charge on any atom is 0.138 e. The number of hydrogen-bond donors (Lipinski definition) is 1. The van der Waals surface area contributed by atoms with Gasteiger partial charge in [-0.2, -0.15) is 0 Å². The highest BCUT2D eigenvalue weighted by Gasteiger charge is 2.10. The van der Waals surface area contributed by atoms with Gasteiger partial charge in [-0.15, -0.1) is 0 Å². The fourth-order valence-corrected chi connectivity index (χ4v) is 2.02. The normalized spacial score (nSPS) is 10.5. The van der Waals surface area contributed by atoms with Crippen LogP contribution in [0.3, 0.4) is 0 Å². The zero-order valence-electron chi connectivity index (χ0n) is 11.5. The molecule has 0 radical (unpaired) electrons. The summed E-state index contributed by atoms with van der Waals surface area (Å²) in [6.07, 6.45) is 1.84. The molecule has 2 aromatic rings. The summed E-state index contributed by atoms with van der Waals surface area (Å²) in [5.74, 6) is 1.58. The van der Waals surface area contributed by atoms with Gasteiger partial charge in [0, 0.05) is 17.7 Å². The minimum absolute atomic E-state index is 0.523. The highest BCUT2D eigenvalue weighted by Crippen LogP contribution is 2.25. The van der Waals surface area contributed by atoms with Crippen LogP contribution in [0.25, 0.3) is 0 Å². The van der Waals surface area contributed by atoms with Gasteiger partial charge in [0.2, 0.25) is 0 Å². The third kappa shape index (κ3) is 3.24. The van der Waals surface area contributed by atoms with Gasteiger partial charge >= 0.3 is 0 Å². The van der Waals surface area contributed by atoms with Crippen molar-refractivity contribution in [1.29, 1.82) is 0 Å². The van der Waals surface area contributed by atoms with E-state index >= 15 is 0 Å². The summed E-state index contributed by atoms with van der Waals surface area (Å²) < 4.78 is 0. The van der Waals surface area contributed by atoms with Crippen molar-refractivity contribution in [2.45, 2.75) is 33.6 Å². The molecule has 2 rings (SSSR count). The van der Waals surface area contributed by atoms with E-state index in [4.69, 9.17) is 11.6 Å². The van der Waals surface area contributed by atoms with E-state index in [-0.39, 0.29) is 0 Å². The number of aryl methyl sites for hydroxylation is 2. The first-order valence-corrected chi connectivity index (χ1v) is 6.85. The molecule has 4 heteroatoms. The molecule has 0 amide bonds. The van der Waals surface area contributed by atoms with E-state index in [0.717, 1.165) is 35.7 Å². The van der Waals surface area contributed by atoms with E-state index in [9.17, 15) is 0 Å². The molecule has 0 bridgehead atoms. The van der Waals surface area contributed by atoms with Crippen molar-refractivity contribution in [3.05, 3.63) is 46.4 Å². The Morgan fingerprint density at radius 2 is 1.89 bits per heavy atom. The van der Waals surface area contributed by atoms with Crippen molar-refractivity contribution in [3.63, 3.8) is 0 Å². The van der Waals surface area contributed by atoms with E-state index in [1.165, 1.54) is 5.56 Å². The topological polar surface area (TPSA) is 37.8 Å². The van der Waals surface area contributed by atoms with Crippen LogP contribution in [-0.2, 0) is 6.42 Å². The Hall–Kier alpha value is -1.61. The largest absolute Gasteiger partial charge is 0.340 e. The standard InChI is InChI=1S/C15H18ClN3/c1-4-7-13-18-14(16)11(3)15(19-13)17-12-9-6-5-8-10(12)2/h5-6,8-9H,4,7H2,1-3H3,(H,17,18,19). The number of hydrogen-bond acceptors (Lipinski definition) is 3. The fraction of sp³-hybridized carbons (Fsp3) is 0.333. The van der Waals surface area contributed by atoms with Gasteiger partial charge in [0.1, 0.15) is 16.8 Å². The van der Waals surface area contributed by atoms with Crippen LogP contribution in [0.5, 0.6) is 0 Å². The summed E-state index contributed by atoms with van der Waals surface area (Å²) in [5, 5.41) is 3.87. The molecule has 1 aromatic heterocycles. The second kappa shape index (κ2) is 6.02. The molecule has 100 valence electrons. The first-order chi connectivity index (χ1) is 9.11. The molecular weight excluding hydrogens is 258 g/mol. The first kappa shape index (κ1) is 13.8. The average Bonchev–Trinajstić information content (AvgIpc) is 2.38. The van der Waals surface area contributed by atoms with Gasteiger partial charge in [-0.25, -0.2) is 9.97 Å². The zero-order valence-corrected chi connectivity index (χ0v) is 12.3. The van der Waals surface area contributed by atoms with Crippen molar-refractivity contribution in [1.82, 2.24) is 9.97 Å². The maximum atomic E-state index is 6.17. The van der Waals surface area contributed by atoms with Gasteiger partial charge in [-0.1, -0.05) is 36.7 Å². The van der Waals surface area contributed by atoms with Gasteiger partial charge in [0.15, 0.2) is 0 Å². The Morgan fingerprint density at radius 3 is 2.58 bits per heavy atom. The minimum atomic E-state index is 0.523. The Morgan fingerprint density at radius 1 is 1.16 bits per heavy atom. The lowest BCUT2D eigenvalue weighted by Gasteiger charge is -2.12. The monoisotopic (exact) mass is 275 g/mol. The molecule has 1 N–H and O–H groups in total. The number of para-hydroxylation sites is 1. The third-order valence-corrected chi connectivity index (χ3v) is 3.37. The quantitative estimate of drug-likeness (QED) is 0.838. The fourth-order valence-electron chi connectivity index (χ4n) is 1.83. The number of aromatic nitrogens is 2. The Balaban J connectivity index is 2.36. The van der Waals surface area contributed by atoms with E-state index in [0.29, 0.717) is 5.15 Å². The van der Waals surface area contributed by atoms with Crippen molar-refractivity contribution in [2.24, 2.45) is 0 Å². The summed E-state index contributed by atoms with van der Waals surface area (Å²) >= 11 is 6.17. The van der Waals surface area contributed by atoms with Gasteiger partial charge in [0.05, 0.1) is 0 Å². The van der Waals surface area contributed by atoms with Crippen LogP contribution in [0.4, 0.5) is 11.5 Å². The second-order valence-corrected chi connectivity index (χ2v) is 4.95. The maximum absolute atomic E-state index is 6.17. The number of nitrogens with zero attached hydrogens (tertiary/aromatic N) is 2. The summed E-state index contributed by atoms with van der Waals surface area (Å²) in [7, 11) is 0. The molecule has 0 aliphatic heterocycles. The Labute approximate surface area is 119 Å². The lowest BCUT2D eigenvalue weighted by atomic mass is 10.2. The zero-order chi connectivity index (χ0) is 13.8. The van der Waals surface area contributed by atoms with Crippen LogP contribution in [0, 0.1) is 13.8 Å². The molecule has 0 saturated carbocycles. The van der Waals surface area contributed by atoms with Gasteiger partial charge in [-0.05, 0) is 31.9 Å². The van der Waals surface area contributed by atoms with Crippen molar-refractivity contribution >= 4 is 23.1 Å². The van der Waals surface area contributed by atoms with Crippen LogP contribution >= 0.6 is 11.6 Å². The molecule has 0 saturated heterocycles. The van der Waals surface area contributed by atoms with E-state index in [1.54, 1.807) is 0 Å². The molecule has 0 atom stereocenters. The predicted molar refractivity (Wildman–Crippen MR) is 80.2 cm³/mol. The minimum Gasteiger partial charge on any atom is -0.340 e. The number of anilines is 2. The van der Waals surface area contributed by atoms with Crippen molar-refractivity contribution in [3.8, 4) is 0 Å². The molecule has 0 spiro atoms. The molecule has 0 fully saturated rings. The van der Waals surface area contributed by atoms with Gasteiger partial charge < -0.3 is 5.32 Å². The Bertz CT molecular complexity index is 582. The number of benzene rings is 1. The Kier molecular flexibility index (Phi) is 4.38. The second-order valence-electron chi connectivity index (χ2n) is 4.59. The highest BCUT2D eigenvalue weighted by atomic mass is 35.5. The lowest BCUT2D eigenvalue weighted by molar-refractivity contribution is 0.833. The smallest absolute Gasteiger partial charge is 0.138 e. The molecule has 0 aliphatic rings. The van der Waals surface area contributed by atoms with E-state index < -0.39 is 0 Å². The average molecular weight is 276 g/mol. The molecule has 1 aromatic carbocycles. The van der Waals surface area contributed by atoms with Crippen LogP contribution in [0.2, 0.25) is 5.15 Å². The molecule has 0 unspecified atom stereocenters. The number of rotatable bonds is 4. The molecule has 0 aliphatic carbocycles. The predicted octanol–water partition coefficient (Wildman–Crippen LogP) is 4.44. The summed E-state index contributed by atoms with van der Waals surface area (Å²) in [6.45, 7) is 6.09. The van der Waals surface area contributed by atoms with Crippen LogP contribution in [0.15, 0.2) is 24.3 Å².